The number of halogens is 1. The van der Waals surface area contributed by atoms with Crippen LogP contribution in [0, 0.1) is 5.92 Å². The minimum atomic E-state index is 0.564. The van der Waals surface area contributed by atoms with Crippen molar-refractivity contribution < 1.29 is 0 Å². The third-order valence-electron chi connectivity index (χ3n) is 3.82. The van der Waals surface area contributed by atoms with Crippen molar-refractivity contribution in [1.29, 1.82) is 0 Å². The van der Waals surface area contributed by atoms with Gasteiger partial charge in [-0.2, -0.15) is 0 Å². The van der Waals surface area contributed by atoms with Crippen LogP contribution in [0.1, 0.15) is 12.8 Å². The normalized spacial score (nSPS) is 32.9. The standard InChI is InChI=1S/C12H15BrN2/c13-10-3-1-2-4-11(10)15-9-5-8(6-9)12(15)7-14/h1-4,8-9,12H,5-7,14H2. The Kier molecular flexibility index (Phi) is 2.25. The van der Waals surface area contributed by atoms with Crippen molar-refractivity contribution >= 4 is 21.6 Å². The average Bonchev–Trinajstić information content (AvgIpc) is 2.70. The van der Waals surface area contributed by atoms with Crippen molar-refractivity contribution in [1.82, 2.24) is 0 Å². The molecule has 1 saturated carbocycles. The number of hydrogen-bond acceptors (Lipinski definition) is 2. The SMILES string of the molecule is NCC1C2CC(C2)N1c1ccccc1Br. The van der Waals surface area contributed by atoms with Gasteiger partial charge >= 0.3 is 0 Å². The molecule has 1 aromatic rings. The molecule has 2 aliphatic heterocycles. The number of fused-ring (bicyclic) bond motifs is 1. The summed E-state index contributed by atoms with van der Waals surface area (Å²) in [4.78, 5) is 2.52. The van der Waals surface area contributed by atoms with Crippen molar-refractivity contribution in [3.05, 3.63) is 28.7 Å². The first-order chi connectivity index (χ1) is 7.31. The van der Waals surface area contributed by atoms with E-state index in [1.54, 1.807) is 0 Å². The summed E-state index contributed by atoms with van der Waals surface area (Å²) in [6, 6.07) is 9.76. The maximum absolute atomic E-state index is 5.87. The first-order valence-electron chi connectivity index (χ1n) is 5.54. The first kappa shape index (κ1) is 9.67. The van der Waals surface area contributed by atoms with Gasteiger partial charge in [-0.3, -0.25) is 0 Å². The van der Waals surface area contributed by atoms with Gasteiger partial charge in [-0.15, -0.1) is 0 Å². The van der Waals surface area contributed by atoms with Gasteiger partial charge in [-0.1, -0.05) is 12.1 Å². The zero-order valence-electron chi connectivity index (χ0n) is 8.57. The van der Waals surface area contributed by atoms with E-state index < -0.39 is 0 Å². The summed E-state index contributed by atoms with van der Waals surface area (Å²) in [5, 5.41) is 0. The fraction of sp³-hybridized carbons (Fsp3) is 0.500. The van der Waals surface area contributed by atoms with Crippen molar-refractivity contribution in [2.45, 2.75) is 24.9 Å². The van der Waals surface area contributed by atoms with Crippen LogP contribution in [-0.4, -0.2) is 18.6 Å². The van der Waals surface area contributed by atoms with Crippen LogP contribution < -0.4 is 10.6 Å². The molecular weight excluding hydrogens is 252 g/mol. The van der Waals surface area contributed by atoms with Crippen LogP contribution in [0.25, 0.3) is 0 Å². The van der Waals surface area contributed by atoms with Crippen LogP contribution in [-0.2, 0) is 0 Å². The molecule has 0 aromatic heterocycles. The van der Waals surface area contributed by atoms with E-state index in [2.05, 4.69) is 45.1 Å². The zero-order chi connectivity index (χ0) is 10.4. The molecule has 0 radical (unpaired) electrons. The second-order valence-corrected chi connectivity index (χ2v) is 5.40. The van der Waals surface area contributed by atoms with Gasteiger partial charge in [0.05, 0.1) is 5.69 Å². The lowest BCUT2D eigenvalue weighted by atomic mass is 9.83. The van der Waals surface area contributed by atoms with E-state index in [0.717, 1.165) is 18.5 Å². The third kappa shape index (κ3) is 1.33. The van der Waals surface area contributed by atoms with E-state index in [4.69, 9.17) is 5.73 Å². The minimum absolute atomic E-state index is 0.564. The van der Waals surface area contributed by atoms with E-state index in [0.29, 0.717) is 6.04 Å². The number of anilines is 1. The van der Waals surface area contributed by atoms with E-state index in [1.807, 2.05) is 0 Å². The molecule has 1 unspecified atom stereocenters. The summed E-state index contributed by atoms with van der Waals surface area (Å²) in [5.74, 6) is 0.840. The van der Waals surface area contributed by atoms with Crippen LogP contribution in [0.15, 0.2) is 28.7 Å². The molecular formula is C12H15BrN2. The summed E-state index contributed by atoms with van der Waals surface area (Å²) in [5.41, 5.74) is 7.19. The molecule has 4 rings (SSSR count). The van der Waals surface area contributed by atoms with Crippen LogP contribution in [0.5, 0.6) is 0 Å². The number of hydrogen-bond donors (Lipinski definition) is 1. The molecule has 2 nitrogen and oxygen atoms in total. The summed E-state index contributed by atoms with van der Waals surface area (Å²) < 4.78 is 1.19. The molecule has 0 amide bonds. The average molecular weight is 267 g/mol. The van der Waals surface area contributed by atoms with Gasteiger partial charge in [-0.25, -0.2) is 0 Å². The maximum Gasteiger partial charge on any atom is 0.0516 e. The number of nitrogens with two attached hydrogens (primary N) is 1. The van der Waals surface area contributed by atoms with E-state index in [9.17, 15) is 0 Å². The molecule has 2 saturated heterocycles. The number of rotatable bonds is 2. The second-order valence-electron chi connectivity index (χ2n) is 4.55. The van der Waals surface area contributed by atoms with Crippen molar-refractivity contribution in [2.24, 2.45) is 11.7 Å². The molecule has 80 valence electrons. The Balaban J connectivity index is 1.97. The Hall–Kier alpha value is -0.540. The Bertz CT molecular complexity index is 374. The Morgan fingerprint density at radius 2 is 2.07 bits per heavy atom. The van der Waals surface area contributed by atoms with Gasteiger partial charge in [0.25, 0.3) is 0 Å². The van der Waals surface area contributed by atoms with Gasteiger partial charge in [0.15, 0.2) is 0 Å². The molecule has 2 heterocycles. The highest BCUT2D eigenvalue weighted by Gasteiger charge is 2.50. The van der Waals surface area contributed by atoms with E-state index in [-0.39, 0.29) is 0 Å². The molecule has 0 spiro atoms. The molecule has 2 N–H and O–H groups in total. The lowest BCUT2D eigenvalue weighted by Crippen LogP contribution is -2.36. The summed E-state index contributed by atoms with van der Waals surface area (Å²) in [6.07, 6.45) is 2.67. The smallest absolute Gasteiger partial charge is 0.0516 e. The van der Waals surface area contributed by atoms with Gasteiger partial charge in [-0.05, 0) is 46.8 Å². The number of benzene rings is 1. The highest BCUT2D eigenvalue weighted by molar-refractivity contribution is 9.10. The zero-order valence-corrected chi connectivity index (χ0v) is 10.2. The van der Waals surface area contributed by atoms with Crippen molar-refractivity contribution in [2.75, 3.05) is 11.4 Å². The van der Waals surface area contributed by atoms with Gasteiger partial charge in [0.2, 0.25) is 0 Å². The predicted molar refractivity (Wildman–Crippen MR) is 66.0 cm³/mol. The largest absolute Gasteiger partial charge is 0.363 e. The highest BCUT2D eigenvalue weighted by Crippen LogP contribution is 2.49. The van der Waals surface area contributed by atoms with Crippen LogP contribution >= 0.6 is 15.9 Å². The number of nitrogens with zero attached hydrogens (tertiary/aromatic N) is 1. The van der Waals surface area contributed by atoms with Crippen LogP contribution in [0.3, 0.4) is 0 Å². The quantitative estimate of drug-likeness (QED) is 0.891. The summed E-state index contributed by atoms with van der Waals surface area (Å²) in [7, 11) is 0. The molecule has 15 heavy (non-hydrogen) atoms. The van der Waals surface area contributed by atoms with Gasteiger partial charge in [0.1, 0.15) is 0 Å². The van der Waals surface area contributed by atoms with Crippen molar-refractivity contribution in [3.8, 4) is 0 Å². The van der Waals surface area contributed by atoms with Gasteiger partial charge < -0.3 is 10.6 Å². The number of para-hydroxylation sites is 1. The minimum Gasteiger partial charge on any atom is -0.363 e. The van der Waals surface area contributed by atoms with E-state index >= 15 is 0 Å². The van der Waals surface area contributed by atoms with Crippen LogP contribution in [0.4, 0.5) is 5.69 Å². The monoisotopic (exact) mass is 266 g/mol. The molecule has 3 aliphatic rings. The molecule has 2 bridgehead atoms. The summed E-state index contributed by atoms with van der Waals surface area (Å²) in [6.45, 7) is 0.780. The van der Waals surface area contributed by atoms with Crippen molar-refractivity contribution in [3.63, 3.8) is 0 Å². The highest BCUT2D eigenvalue weighted by atomic mass is 79.9. The fourth-order valence-electron chi connectivity index (χ4n) is 3.01. The fourth-order valence-corrected chi connectivity index (χ4v) is 3.50. The Morgan fingerprint density at radius 1 is 1.33 bits per heavy atom. The lowest BCUT2D eigenvalue weighted by Gasteiger charge is -2.29. The topological polar surface area (TPSA) is 29.3 Å². The molecule has 3 fully saturated rings. The molecule has 3 heteroatoms. The van der Waals surface area contributed by atoms with E-state index in [1.165, 1.54) is 23.0 Å². The predicted octanol–water partition coefficient (Wildman–Crippen LogP) is 2.38. The lowest BCUT2D eigenvalue weighted by molar-refractivity contribution is 0.354. The third-order valence-corrected chi connectivity index (χ3v) is 4.49. The molecule has 1 atom stereocenters. The Labute approximate surface area is 98.6 Å². The first-order valence-corrected chi connectivity index (χ1v) is 6.33. The molecule has 1 aromatic carbocycles. The Morgan fingerprint density at radius 3 is 2.73 bits per heavy atom. The second kappa shape index (κ2) is 3.49. The maximum atomic E-state index is 5.87. The van der Waals surface area contributed by atoms with Crippen LogP contribution in [0.2, 0.25) is 0 Å². The molecule has 1 aliphatic carbocycles. The summed E-state index contributed by atoms with van der Waals surface area (Å²) >= 11 is 3.63. The van der Waals surface area contributed by atoms with Gasteiger partial charge in [0, 0.05) is 23.1 Å².